The Morgan fingerprint density at radius 1 is 1.08 bits per heavy atom. The molecule has 0 aliphatic carbocycles. The third-order valence-electron chi connectivity index (χ3n) is 9.36. The molecule has 2 amide bonds. The van der Waals surface area contributed by atoms with Gasteiger partial charge in [0.1, 0.15) is 6.10 Å². The summed E-state index contributed by atoms with van der Waals surface area (Å²) in [5, 5.41) is 5.94. The Balaban J connectivity index is 1.22. The van der Waals surface area contributed by atoms with Crippen molar-refractivity contribution in [3.8, 4) is 0 Å². The summed E-state index contributed by atoms with van der Waals surface area (Å²) in [6, 6.07) is 6.37. The van der Waals surface area contributed by atoms with E-state index in [0.29, 0.717) is 13.0 Å². The highest BCUT2D eigenvalue weighted by Crippen LogP contribution is 2.43. The van der Waals surface area contributed by atoms with Crippen molar-refractivity contribution >= 4 is 27.8 Å². The molecule has 4 rings (SSSR count). The maximum absolute atomic E-state index is 12.8. The lowest BCUT2D eigenvalue weighted by Gasteiger charge is -2.39. The number of hydrogen-bond donors (Lipinski definition) is 2. The molecule has 1 unspecified atom stereocenters. The second-order valence-corrected chi connectivity index (χ2v) is 16.2. The Kier molecular flexibility index (Phi) is 13.6. The average Bonchev–Trinajstić information content (AvgIpc) is 3.79. The number of rotatable bonds is 14. The van der Waals surface area contributed by atoms with E-state index in [1.807, 2.05) is 26.0 Å². The maximum atomic E-state index is 12.8. The molecule has 12 nitrogen and oxygen atoms in total. The summed E-state index contributed by atoms with van der Waals surface area (Å²) in [5.41, 5.74) is 1.64. The summed E-state index contributed by atoms with van der Waals surface area (Å²) in [7, 11) is -0.534. The number of amides is 2. The number of carbonyl (C=O) groups excluding carboxylic acids is 3. The van der Waals surface area contributed by atoms with Gasteiger partial charge < -0.3 is 29.6 Å². The van der Waals surface area contributed by atoms with Gasteiger partial charge >= 0.3 is 5.97 Å². The minimum absolute atomic E-state index is 0.0157. The number of esters is 1. The van der Waals surface area contributed by atoms with Crippen LogP contribution in [0.2, 0.25) is 0 Å². The van der Waals surface area contributed by atoms with Crippen molar-refractivity contribution in [2.45, 2.75) is 120 Å². The number of epoxide rings is 1. The fourth-order valence-corrected chi connectivity index (χ4v) is 7.25. The SMILES string of the molecule is CC(=O)OC(C)C=CC(=O)N[C@@H]1C[C@H](C)[C@H](C/C=C(C)/C=C/[C@@H]2C[C@]3(CO3)C[C@@H](CC(=O)NCc3ccc(S(=O)(=O)N(C)C)cc3)O2)O[C@@H]1C. The number of sulfonamides is 1. The summed E-state index contributed by atoms with van der Waals surface area (Å²) >= 11 is 0. The maximum Gasteiger partial charge on any atom is 0.303 e. The standard InChI is InChI=1S/C37H53N3O9S/c1-24(9-16-34-25(2)18-33(27(4)48-34)39-35(42)17-10-26(3)47-28(5)41)8-13-30-20-37(23-46-37)21-31(49-30)19-36(43)38-22-29-11-14-32(15-12-29)50(44,45)40(6)7/h8-15,17,25-27,30-31,33-34H,16,18-23H2,1-7H3,(H,38,43)(H,39,42)/b13-8+,17-10?,24-9+/t25-,26?,27+,30+,31+,33+,34-,37+/m0/s1. The van der Waals surface area contributed by atoms with Crippen molar-refractivity contribution < 1.29 is 41.7 Å². The summed E-state index contributed by atoms with van der Waals surface area (Å²) in [6.07, 6.45) is 11.2. The third kappa shape index (κ3) is 11.6. The lowest BCUT2D eigenvalue weighted by Crippen LogP contribution is -2.50. The van der Waals surface area contributed by atoms with Crippen LogP contribution in [0.15, 0.2) is 65.1 Å². The Labute approximate surface area is 296 Å². The molecular weight excluding hydrogens is 662 g/mol. The molecule has 0 aromatic heterocycles. The lowest BCUT2D eigenvalue weighted by molar-refractivity contribution is -0.143. The van der Waals surface area contributed by atoms with Gasteiger partial charge in [0, 0.05) is 46.5 Å². The van der Waals surface area contributed by atoms with Gasteiger partial charge in [-0.3, -0.25) is 14.4 Å². The number of allylic oxidation sites excluding steroid dienone is 2. The minimum atomic E-state index is -3.51. The van der Waals surface area contributed by atoms with Gasteiger partial charge in [0.05, 0.1) is 54.0 Å². The molecule has 0 saturated carbocycles. The molecule has 3 aliphatic heterocycles. The van der Waals surface area contributed by atoms with E-state index in [1.54, 1.807) is 37.3 Å². The molecule has 0 bridgehead atoms. The number of ether oxygens (including phenoxy) is 4. The first-order valence-corrected chi connectivity index (χ1v) is 18.7. The van der Waals surface area contributed by atoms with Crippen molar-refractivity contribution in [3.05, 3.63) is 65.8 Å². The normalized spacial score (nSPS) is 29.3. The fraction of sp³-hybridized carbons (Fsp3) is 0.595. The zero-order valence-electron chi connectivity index (χ0n) is 30.2. The van der Waals surface area contributed by atoms with Crippen molar-refractivity contribution in [2.24, 2.45) is 5.92 Å². The second-order valence-electron chi connectivity index (χ2n) is 14.0. The van der Waals surface area contributed by atoms with Crippen molar-refractivity contribution in [1.82, 2.24) is 14.9 Å². The monoisotopic (exact) mass is 715 g/mol. The van der Waals surface area contributed by atoms with E-state index in [1.165, 1.54) is 27.1 Å². The number of nitrogens with one attached hydrogen (secondary N) is 2. The van der Waals surface area contributed by atoms with Crippen LogP contribution in [0.25, 0.3) is 0 Å². The van der Waals surface area contributed by atoms with E-state index in [0.717, 1.165) is 34.7 Å². The topological polar surface area (TPSA) is 153 Å². The zero-order valence-corrected chi connectivity index (χ0v) is 31.0. The molecule has 13 heteroatoms. The number of hydrogen-bond acceptors (Lipinski definition) is 9. The molecule has 1 aromatic carbocycles. The second kappa shape index (κ2) is 17.2. The van der Waals surface area contributed by atoms with Crippen molar-refractivity contribution in [2.75, 3.05) is 20.7 Å². The van der Waals surface area contributed by atoms with Gasteiger partial charge in [-0.15, -0.1) is 0 Å². The van der Waals surface area contributed by atoms with Crippen LogP contribution in [0.4, 0.5) is 0 Å². The van der Waals surface area contributed by atoms with E-state index in [-0.39, 0.29) is 71.7 Å². The highest BCUT2D eigenvalue weighted by Gasteiger charge is 2.51. The first-order valence-electron chi connectivity index (χ1n) is 17.3. The fourth-order valence-electron chi connectivity index (χ4n) is 6.35. The zero-order chi connectivity index (χ0) is 36.6. The Morgan fingerprint density at radius 3 is 2.42 bits per heavy atom. The van der Waals surface area contributed by atoms with Gasteiger partial charge in [0.15, 0.2) is 0 Å². The number of carbonyl (C=O) groups is 3. The number of nitrogens with zero attached hydrogens (tertiary/aromatic N) is 1. The molecule has 3 saturated heterocycles. The van der Waals surface area contributed by atoms with Gasteiger partial charge in [-0.2, -0.15) is 0 Å². The molecule has 2 N–H and O–H groups in total. The summed E-state index contributed by atoms with van der Waals surface area (Å²) in [5.74, 6) is -0.552. The van der Waals surface area contributed by atoms with Crippen LogP contribution >= 0.6 is 0 Å². The highest BCUT2D eigenvalue weighted by atomic mass is 32.2. The predicted octanol–water partition coefficient (Wildman–Crippen LogP) is 3.96. The van der Waals surface area contributed by atoms with Crippen LogP contribution in [0.1, 0.15) is 72.3 Å². The molecule has 276 valence electrons. The third-order valence-corrected chi connectivity index (χ3v) is 11.2. The molecule has 50 heavy (non-hydrogen) atoms. The first kappa shape index (κ1) is 39.4. The van der Waals surface area contributed by atoms with Gasteiger partial charge in [-0.25, -0.2) is 12.7 Å². The summed E-state index contributed by atoms with van der Waals surface area (Å²) in [4.78, 5) is 36.5. The van der Waals surface area contributed by atoms with E-state index in [9.17, 15) is 22.8 Å². The highest BCUT2D eigenvalue weighted by molar-refractivity contribution is 7.89. The van der Waals surface area contributed by atoms with Crippen molar-refractivity contribution in [3.63, 3.8) is 0 Å². The van der Waals surface area contributed by atoms with Crippen molar-refractivity contribution in [1.29, 1.82) is 0 Å². The summed E-state index contributed by atoms with van der Waals surface area (Å²) < 4.78 is 49.2. The Hall–Kier alpha value is -3.36. The minimum Gasteiger partial charge on any atom is -0.459 e. The van der Waals surface area contributed by atoms with E-state index in [2.05, 4.69) is 23.6 Å². The summed E-state index contributed by atoms with van der Waals surface area (Å²) in [6.45, 7) is 10.1. The molecule has 8 atom stereocenters. The van der Waals surface area contributed by atoms with Crippen LogP contribution in [0, 0.1) is 5.92 Å². The van der Waals surface area contributed by atoms with Gasteiger partial charge in [0.2, 0.25) is 21.8 Å². The van der Waals surface area contributed by atoms with E-state index < -0.39 is 22.1 Å². The molecule has 1 spiro atoms. The average molecular weight is 716 g/mol. The molecule has 0 radical (unpaired) electrons. The van der Waals surface area contributed by atoms with Crippen LogP contribution in [-0.2, 0) is 49.9 Å². The largest absolute Gasteiger partial charge is 0.459 e. The first-order chi connectivity index (χ1) is 23.5. The quantitative estimate of drug-likeness (QED) is 0.126. The van der Waals surface area contributed by atoms with Crippen LogP contribution < -0.4 is 10.6 Å². The molecule has 3 aliphatic rings. The van der Waals surface area contributed by atoms with E-state index >= 15 is 0 Å². The molecular formula is C37H53N3O9S. The molecule has 3 heterocycles. The van der Waals surface area contributed by atoms with Crippen LogP contribution in [0.3, 0.4) is 0 Å². The Bertz CT molecular complexity index is 1550. The molecule has 3 fully saturated rings. The lowest BCUT2D eigenvalue weighted by atomic mass is 9.88. The van der Waals surface area contributed by atoms with E-state index in [4.69, 9.17) is 18.9 Å². The van der Waals surface area contributed by atoms with Gasteiger partial charge in [-0.1, -0.05) is 42.9 Å². The number of benzene rings is 1. The predicted molar refractivity (Wildman–Crippen MR) is 188 cm³/mol. The smallest absolute Gasteiger partial charge is 0.303 e. The van der Waals surface area contributed by atoms with Gasteiger partial charge in [0.25, 0.3) is 0 Å². The Morgan fingerprint density at radius 2 is 1.78 bits per heavy atom. The van der Waals surface area contributed by atoms with Gasteiger partial charge in [-0.05, 0) is 63.3 Å². The van der Waals surface area contributed by atoms with Crippen LogP contribution in [0.5, 0.6) is 0 Å². The molecule has 1 aromatic rings. The van der Waals surface area contributed by atoms with Crippen LogP contribution in [-0.4, -0.2) is 93.4 Å².